The Morgan fingerprint density at radius 2 is 1.71 bits per heavy atom. The van der Waals surface area contributed by atoms with Crippen LogP contribution in [0.5, 0.6) is 0 Å². The molecule has 0 radical (unpaired) electrons. The van der Waals surface area contributed by atoms with Gasteiger partial charge in [-0.25, -0.2) is 0 Å². The molecule has 0 saturated carbocycles. The largest absolute Gasteiger partial charge is 0.368 e. The van der Waals surface area contributed by atoms with Gasteiger partial charge in [-0.15, -0.1) is 0 Å². The van der Waals surface area contributed by atoms with Crippen LogP contribution in [0.3, 0.4) is 0 Å². The fraction of sp³-hybridized carbons (Fsp3) is 0.111. The first-order valence-electron chi connectivity index (χ1n) is 7.38. The lowest BCUT2D eigenvalue weighted by molar-refractivity contribution is -0.120. The molecule has 1 unspecified atom stereocenters. The van der Waals surface area contributed by atoms with E-state index in [0.717, 1.165) is 10.9 Å². The van der Waals surface area contributed by atoms with E-state index in [0.29, 0.717) is 16.3 Å². The molecule has 0 saturated heterocycles. The van der Waals surface area contributed by atoms with Gasteiger partial charge in [-0.2, -0.15) is 0 Å². The van der Waals surface area contributed by atoms with E-state index in [9.17, 15) is 9.59 Å². The number of rotatable bonds is 4. The van der Waals surface area contributed by atoms with Crippen LogP contribution in [-0.2, 0) is 11.8 Å². The summed E-state index contributed by atoms with van der Waals surface area (Å²) in [6, 6.07) is 15.4. The van der Waals surface area contributed by atoms with Gasteiger partial charge in [0.1, 0.15) is 11.7 Å². The Balaban J connectivity index is 1.99. The van der Waals surface area contributed by atoms with E-state index < -0.39 is 17.9 Å². The summed E-state index contributed by atoms with van der Waals surface area (Å²) < 4.78 is 1.70. The van der Waals surface area contributed by atoms with Gasteiger partial charge in [0.2, 0.25) is 5.91 Å². The third-order valence-electron chi connectivity index (χ3n) is 3.95. The number of amides is 2. The minimum absolute atomic E-state index is 0.292. The Kier molecular flexibility index (Phi) is 4.27. The first-order valence-corrected chi connectivity index (χ1v) is 7.76. The summed E-state index contributed by atoms with van der Waals surface area (Å²) in [7, 11) is 1.75. The summed E-state index contributed by atoms with van der Waals surface area (Å²) in [6.45, 7) is 0. The van der Waals surface area contributed by atoms with Crippen LogP contribution in [0.25, 0.3) is 10.9 Å². The van der Waals surface area contributed by atoms with Crippen molar-refractivity contribution in [1.29, 1.82) is 0 Å². The van der Waals surface area contributed by atoms with Crippen molar-refractivity contribution in [1.82, 2.24) is 9.88 Å². The number of fused-ring (bicyclic) bond motifs is 1. The number of primary amides is 1. The molecule has 5 nitrogen and oxygen atoms in total. The number of carbonyl (C=O) groups excluding carboxylic acids is 2. The number of aryl methyl sites for hydroxylation is 1. The molecule has 1 aromatic heterocycles. The monoisotopic (exact) mass is 341 g/mol. The molecule has 1 heterocycles. The minimum atomic E-state index is -0.923. The standard InChI is InChI=1S/C18H16ClN3O2/c1-22-13-10-6-5-9-12(13)14(19)16(22)18(24)21-15(17(20)23)11-7-3-2-4-8-11/h2-10,15H,1H3,(H2,20,23)(H,21,24). The summed E-state index contributed by atoms with van der Waals surface area (Å²) >= 11 is 6.37. The highest BCUT2D eigenvalue weighted by Crippen LogP contribution is 2.30. The van der Waals surface area contributed by atoms with Crippen LogP contribution >= 0.6 is 11.6 Å². The van der Waals surface area contributed by atoms with E-state index in [2.05, 4.69) is 5.32 Å². The van der Waals surface area contributed by atoms with Crippen LogP contribution in [0.2, 0.25) is 5.02 Å². The second kappa shape index (κ2) is 6.37. The van der Waals surface area contributed by atoms with Gasteiger partial charge >= 0.3 is 0 Å². The molecule has 3 rings (SSSR count). The maximum atomic E-state index is 12.7. The maximum absolute atomic E-state index is 12.7. The summed E-state index contributed by atoms with van der Waals surface area (Å²) in [5.41, 5.74) is 7.20. The van der Waals surface area contributed by atoms with Gasteiger partial charge in [0.05, 0.1) is 5.02 Å². The number of nitrogens with one attached hydrogen (secondary N) is 1. The van der Waals surface area contributed by atoms with E-state index in [-0.39, 0.29) is 0 Å². The van der Waals surface area contributed by atoms with Crippen molar-refractivity contribution in [2.45, 2.75) is 6.04 Å². The van der Waals surface area contributed by atoms with Gasteiger partial charge in [0.15, 0.2) is 0 Å². The van der Waals surface area contributed by atoms with E-state index in [4.69, 9.17) is 17.3 Å². The molecule has 1 atom stereocenters. The number of hydrogen-bond donors (Lipinski definition) is 2. The van der Waals surface area contributed by atoms with Gasteiger partial charge in [-0.3, -0.25) is 9.59 Å². The van der Waals surface area contributed by atoms with E-state index in [1.807, 2.05) is 30.3 Å². The number of para-hydroxylation sites is 1. The molecule has 3 aromatic rings. The van der Waals surface area contributed by atoms with Crippen molar-refractivity contribution in [3.63, 3.8) is 0 Å². The Labute approximate surface area is 144 Å². The molecule has 122 valence electrons. The van der Waals surface area contributed by atoms with E-state index in [1.165, 1.54) is 0 Å². The number of nitrogens with zero attached hydrogens (tertiary/aromatic N) is 1. The predicted molar refractivity (Wildman–Crippen MR) is 93.8 cm³/mol. The minimum Gasteiger partial charge on any atom is -0.368 e. The molecule has 0 spiro atoms. The van der Waals surface area contributed by atoms with Gasteiger partial charge < -0.3 is 15.6 Å². The number of benzene rings is 2. The molecule has 2 amide bonds. The summed E-state index contributed by atoms with van der Waals surface area (Å²) in [5.74, 6) is -1.09. The lowest BCUT2D eigenvalue weighted by Crippen LogP contribution is -2.38. The normalized spacial score (nSPS) is 12.1. The third kappa shape index (κ3) is 2.74. The Morgan fingerprint density at radius 3 is 2.33 bits per heavy atom. The number of carbonyl (C=O) groups is 2. The average Bonchev–Trinajstić information content (AvgIpc) is 2.84. The van der Waals surface area contributed by atoms with Crippen LogP contribution in [0.15, 0.2) is 54.6 Å². The quantitative estimate of drug-likeness (QED) is 0.765. The van der Waals surface area contributed by atoms with Crippen molar-refractivity contribution < 1.29 is 9.59 Å². The Hall–Kier alpha value is -2.79. The van der Waals surface area contributed by atoms with Crippen molar-refractivity contribution >= 4 is 34.3 Å². The maximum Gasteiger partial charge on any atom is 0.270 e. The van der Waals surface area contributed by atoms with Gasteiger partial charge in [0.25, 0.3) is 5.91 Å². The molecule has 0 bridgehead atoms. The first kappa shape index (κ1) is 16.1. The van der Waals surface area contributed by atoms with E-state index >= 15 is 0 Å². The zero-order valence-electron chi connectivity index (χ0n) is 13.0. The second-order valence-corrected chi connectivity index (χ2v) is 5.84. The Morgan fingerprint density at radius 1 is 1.08 bits per heavy atom. The number of halogens is 1. The van der Waals surface area contributed by atoms with Crippen molar-refractivity contribution in [3.05, 3.63) is 70.9 Å². The second-order valence-electron chi connectivity index (χ2n) is 5.46. The van der Waals surface area contributed by atoms with Gasteiger partial charge in [-0.05, 0) is 11.6 Å². The van der Waals surface area contributed by atoms with Gasteiger partial charge in [0, 0.05) is 18.0 Å². The third-order valence-corrected chi connectivity index (χ3v) is 4.34. The molecule has 6 heteroatoms. The smallest absolute Gasteiger partial charge is 0.270 e. The van der Waals surface area contributed by atoms with Crippen LogP contribution < -0.4 is 11.1 Å². The SMILES string of the molecule is Cn1c(C(=O)NC(C(N)=O)c2ccccc2)c(Cl)c2ccccc21. The number of hydrogen-bond acceptors (Lipinski definition) is 2. The summed E-state index contributed by atoms with van der Waals surface area (Å²) in [5, 5.41) is 3.80. The van der Waals surface area contributed by atoms with Crippen LogP contribution in [-0.4, -0.2) is 16.4 Å². The lowest BCUT2D eigenvalue weighted by Gasteiger charge is -2.16. The van der Waals surface area contributed by atoms with Crippen molar-refractivity contribution in [3.8, 4) is 0 Å². The highest BCUT2D eigenvalue weighted by Gasteiger charge is 2.25. The lowest BCUT2D eigenvalue weighted by atomic mass is 10.1. The highest BCUT2D eigenvalue weighted by molar-refractivity contribution is 6.38. The molecule has 0 fully saturated rings. The number of aromatic nitrogens is 1. The molecule has 0 aliphatic heterocycles. The molecular weight excluding hydrogens is 326 g/mol. The van der Waals surface area contributed by atoms with Gasteiger partial charge in [-0.1, -0.05) is 60.1 Å². The average molecular weight is 342 g/mol. The zero-order valence-corrected chi connectivity index (χ0v) is 13.7. The van der Waals surface area contributed by atoms with Crippen molar-refractivity contribution in [2.24, 2.45) is 12.8 Å². The Bertz CT molecular complexity index is 880. The molecule has 3 N–H and O–H groups in total. The molecule has 0 aliphatic rings. The zero-order chi connectivity index (χ0) is 17.3. The molecule has 0 aliphatic carbocycles. The molecule has 2 aromatic carbocycles. The summed E-state index contributed by atoms with van der Waals surface area (Å²) in [4.78, 5) is 24.5. The fourth-order valence-electron chi connectivity index (χ4n) is 2.76. The fourth-order valence-corrected chi connectivity index (χ4v) is 3.14. The van der Waals surface area contributed by atoms with Crippen LogP contribution in [0, 0.1) is 0 Å². The predicted octanol–water partition coefficient (Wildman–Crippen LogP) is 2.79. The molecular formula is C18H16ClN3O2. The topological polar surface area (TPSA) is 77.1 Å². The number of nitrogens with two attached hydrogens (primary N) is 1. The summed E-state index contributed by atoms with van der Waals surface area (Å²) in [6.07, 6.45) is 0. The molecule has 24 heavy (non-hydrogen) atoms. The van der Waals surface area contributed by atoms with Crippen LogP contribution in [0.1, 0.15) is 22.1 Å². The van der Waals surface area contributed by atoms with Crippen LogP contribution in [0.4, 0.5) is 0 Å². The van der Waals surface area contributed by atoms with E-state index in [1.54, 1.807) is 35.9 Å². The highest BCUT2D eigenvalue weighted by atomic mass is 35.5. The van der Waals surface area contributed by atoms with Crippen molar-refractivity contribution in [2.75, 3.05) is 0 Å². The first-order chi connectivity index (χ1) is 11.5.